The van der Waals surface area contributed by atoms with E-state index >= 15 is 0 Å². The molecule has 0 saturated heterocycles. The molecule has 4 aromatic rings. The molecule has 7 heteroatoms. The van der Waals surface area contributed by atoms with E-state index in [0.717, 1.165) is 45.6 Å². The van der Waals surface area contributed by atoms with Crippen molar-refractivity contribution >= 4 is 23.1 Å². The van der Waals surface area contributed by atoms with Gasteiger partial charge in [-0.3, -0.25) is 4.89 Å². The maximum Gasteiger partial charge on any atom is 0.342 e. The average Bonchev–Trinajstić information content (AvgIpc) is 3.24. The summed E-state index contributed by atoms with van der Waals surface area (Å²) in [6.45, 7) is 4.04. The summed E-state index contributed by atoms with van der Waals surface area (Å²) in [7, 11) is 0. The Hall–Kier alpha value is -3.22. The maximum absolute atomic E-state index is 11.5. The van der Waals surface area contributed by atoms with Gasteiger partial charge in [-0.15, -0.1) is 0 Å². The Morgan fingerprint density at radius 3 is 2.59 bits per heavy atom. The van der Waals surface area contributed by atoms with Crippen LogP contribution in [0.5, 0.6) is 0 Å². The van der Waals surface area contributed by atoms with Gasteiger partial charge in [0.15, 0.2) is 0 Å². The van der Waals surface area contributed by atoms with Crippen LogP contribution in [0.1, 0.15) is 31.5 Å². The summed E-state index contributed by atoms with van der Waals surface area (Å²) in [6, 6.07) is 18.0. The van der Waals surface area contributed by atoms with E-state index in [1.165, 1.54) is 0 Å². The molecule has 0 aliphatic heterocycles. The normalized spacial score (nSPS) is 11.1. The van der Waals surface area contributed by atoms with Crippen molar-refractivity contribution in [1.82, 2.24) is 14.6 Å². The second kappa shape index (κ2) is 9.94. The molecule has 0 unspecified atom stereocenters. The lowest BCUT2D eigenvalue weighted by atomic mass is 9.94. The van der Waals surface area contributed by atoms with Crippen LogP contribution in [0.15, 0.2) is 60.8 Å². The van der Waals surface area contributed by atoms with E-state index in [2.05, 4.69) is 24.0 Å². The first-order valence-electron chi connectivity index (χ1n) is 10.7. The van der Waals surface area contributed by atoms with Gasteiger partial charge in [-0.25, -0.2) is 14.3 Å². The quantitative estimate of drug-likeness (QED) is 0.149. The molecule has 0 N–H and O–H groups in total. The fourth-order valence-electron chi connectivity index (χ4n) is 3.74. The van der Waals surface area contributed by atoms with E-state index < -0.39 is 5.97 Å². The summed E-state index contributed by atoms with van der Waals surface area (Å²) >= 11 is 6.25. The van der Waals surface area contributed by atoms with Crippen LogP contribution in [0, 0.1) is 0 Å². The lowest BCUT2D eigenvalue weighted by Crippen LogP contribution is -2.10. The highest BCUT2D eigenvalue weighted by Gasteiger charge is 2.20. The van der Waals surface area contributed by atoms with Gasteiger partial charge in [-0.05, 0) is 41.8 Å². The molecular weight excluding hydrogens is 426 g/mol. The summed E-state index contributed by atoms with van der Waals surface area (Å²) in [5.74, 6) is -0.401. The minimum atomic E-state index is -0.401. The van der Waals surface area contributed by atoms with Crippen molar-refractivity contribution in [3.63, 3.8) is 0 Å². The van der Waals surface area contributed by atoms with Gasteiger partial charge >= 0.3 is 5.97 Å². The van der Waals surface area contributed by atoms with Gasteiger partial charge in [0.05, 0.1) is 17.8 Å². The number of carbonyl (C=O) groups excluding carboxylic acids is 1. The second-order valence-corrected chi connectivity index (χ2v) is 7.68. The highest BCUT2D eigenvalue weighted by atomic mass is 35.5. The Kier molecular flexibility index (Phi) is 6.83. The highest BCUT2D eigenvalue weighted by Crippen LogP contribution is 2.36. The number of aromatic nitrogens is 3. The summed E-state index contributed by atoms with van der Waals surface area (Å²) < 4.78 is 1.99. The number of pyridine rings is 1. The SMILES string of the molecule is CCC(=O)OOCCc1c(-c2ccccc2)nn2c(CC)ccc2c1-c1ccnc(Cl)c1. The molecule has 0 spiro atoms. The zero-order valence-electron chi connectivity index (χ0n) is 18.0. The standard InChI is InChI=1S/C25H24ClN3O3/c1-3-19-10-11-21-24(18-12-14-27-22(26)16-18)20(13-15-31-32-23(30)4-2)25(28-29(19)21)17-8-6-5-7-9-17/h5-12,14,16H,3-4,13,15H2,1-2H3. The Morgan fingerprint density at radius 1 is 1.06 bits per heavy atom. The summed E-state index contributed by atoms with van der Waals surface area (Å²) in [6.07, 6.45) is 3.30. The van der Waals surface area contributed by atoms with Gasteiger partial charge in [-0.1, -0.05) is 55.8 Å². The number of fused-ring (bicyclic) bond motifs is 1. The molecule has 0 aliphatic carbocycles. The Labute approximate surface area is 191 Å². The fourth-order valence-corrected chi connectivity index (χ4v) is 3.91. The fraction of sp³-hybridized carbons (Fsp3) is 0.240. The van der Waals surface area contributed by atoms with Crippen LogP contribution >= 0.6 is 11.6 Å². The van der Waals surface area contributed by atoms with E-state index in [9.17, 15) is 4.79 Å². The number of nitrogens with zero attached hydrogens (tertiary/aromatic N) is 3. The molecule has 4 rings (SSSR count). The predicted molar refractivity (Wildman–Crippen MR) is 124 cm³/mol. The van der Waals surface area contributed by atoms with Gasteiger partial charge in [0.25, 0.3) is 0 Å². The number of benzene rings is 1. The van der Waals surface area contributed by atoms with Crippen LogP contribution in [-0.4, -0.2) is 27.2 Å². The number of hydrogen-bond acceptors (Lipinski definition) is 5. The zero-order chi connectivity index (χ0) is 22.5. The summed E-state index contributed by atoms with van der Waals surface area (Å²) in [5, 5.41) is 5.44. The molecule has 0 aliphatic rings. The molecule has 0 atom stereocenters. The number of carbonyl (C=O) groups is 1. The number of hydrogen-bond donors (Lipinski definition) is 0. The topological polar surface area (TPSA) is 65.7 Å². The van der Waals surface area contributed by atoms with Crippen molar-refractivity contribution in [2.75, 3.05) is 6.61 Å². The van der Waals surface area contributed by atoms with Crippen molar-refractivity contribution in [2.24, 2.45) is 0 Å². The summed E-state index contributed by atoms with van der Waals surface area (Å²) in [4.78, 5) is 25.7. The van der Waals surface area contributed by atoms with Crippen LogP contribution < -0.4 is 0 Å². The molecule has 0 radical (unpaired) electrons. The third kappa shape index (κ3) is 4.52. The molecule has 164 valence electrons. The molecule has 0 bridgehead atoms. The first-order chi connectivity index (χ1) is 15.6. The van der Waals surface area contributed by atoms with E-state index in [1.807, 2.05) is 47.0 Å². The molecule has 0 amide bonds. The average molecular weight is 450 g/mol. The molecule has 0 saturated carbocycles. The minimum Gasteiger partial charge on any atom is -0.298 e. The minimum absolute atomic E-state index is 0.205. The molecule has 3 aromatic heterocycles. The highest BCUT2D eigenvalue weighted by molar-refractivity contribution is 6.29. The first-order valence-corrected chi connectivity index (χ1v) is 11.0. The van der Waals surface area contributed by atoms with E-state index in [1.54, 1.807) is 13.1 Å². The van der Waals surface area contributed by atoms with E-state index in [-0.39, 0.29) is 13.0 Å². The summed E-state index contributed by atoms with van der Waals surface area (Å²) in [5.41, 5.74) is 6.86. The molecular formula is C25H24ClN3O3. The van der Waals surface area contributed by atoms with Gasteiger partial charge in [0.1, 0.15) is 5.15 Å². The van der Waals surface area contributed by atoms with Crippen molar-refractivity contribution in [3.05, 3.63) is 77.2 Å². The Morgan fingerprint density at radius 2 is 1.88 bits per heavy atom. The van der Waals surface area contributed by atoms with Gasteiger partial charge in [0.2, 0.25) is 0 Å². The van der Waals surface area contributed by atoms with Crippen molar-refractivity contribution < 1.29 is 14.6 Å². The zero-order valence-corrected chi connectivity index (χ0v) is 18.8. The third-order valence-electron chi connectivity index (χ3n) is 5.28. The van der Waals surface area contributed by atoms with Gasteiger partial charge in [-0.2, -0.15) is 9.99 Å². The van der Waals surface area contributed by atoms with Crippen molar-refractivity contribution in [1.29, 1.82) is 0 Å². The largest absolute Gasteiger partial charge is 0.342 e. The van der Waals surface area contributed by atoms with Crippen molar-refractivity contribution in [3.8, 4) is 22.4 Å². The molecule has 3 heterocycles. The Balaban J connectivity index is 1.91. The second-order valence-electron chi connectivity index (χ2n) is 7.29. The van der Waals surface area contributed by atoms with Crippen LogP contribution in [0.25, 0.3) is 27.9 Å². The number of aryl methyl sites for hydroxylation is 1. The van der Waals surface area contributed by atoms with Crippen LogP contribution in [0.3, 0.4) is 0 Å². The van der Waals surface area contributed by atoms with Crippen molar-refractivity contribution in [2.45, 2.75) is 33.1 Å². The molecule has 32 heavy (non-hydrogen) atoms. The smallest absolute Gasteiger partial charge is 0.298 e. The molecule has 0 fully saturated rings. The lowest BCUT2D eigenvalue weighted by Gasteiger charge is -2.18. The van der Waals surface area contributed by atoms with E-state index in [0.29, 0.717) is 11.6 Å². The van der Waals surface area contributed by atoms with Crippen LogP contribution in [0.2, 0.25) is 5.15 Å². The van der Waals surface area contributed by atoms with Crippen LogP contribution in [0.4, 0.5) is 0 Å². The van der Waals surface area contributed by atoms with Gasteiger partial charge in [0, 0.05) is 35.9 Å². The first kappa shape index (κ1) is 22.0. The maximum atomic E-state index is 11.5. The number of rotatable bonds is 8. The lowest BCUT2D eigenvalue weighted by molar-refractivity contribution is -0.271. The number of halogens is 1. The molecule has 1 aromatic carbocycles. The Bertz CT molecular complexity index is 1240. The van der Waals surface area contributed by atoms with E-state index in [4.69, 9.17) is 26.5 Å². The van der Waals surface area contributed by atoms with Crippen LogP contribution in [-0.2, 0) is 27.4 Å². The molecule has 6 nitrogen and oxygen atoms in total. The monoisotopic (exact) mass is 449 g/mol. The third-order valence-corrected chi connectivity index (χ3v) is 5.48. The van der Waals surface area contributed by atoms with Gasteiger partial charge < -0.3 is 0 Å². The predicted octanol–water partition coefficient (Wildman–Crippen LogP) is 5.71.